The monoisotopic (exact) mass is 274 g/mol. The van der Waals surface area contributed by atoms with Gasteiger partial charge >= 0.3 is 0 Å². The lowest BCUT2D eigenvalue weighted by Crippen LogP contribution is -2.51. The lowest BCUT2D eigenvalue weighted by Gasteiger charge is -2.38. The van der Waals surface area contributed by atoms with Crippen LogP contribution in [0.3, 0.4) is 0 Å². The molecule has 1 aromatic carbocycles. The van der Waals surface area contributed by atoms with Crippen molar-refractivity contribution in [2.45, 2.75) is 0 Å². The highest BCUT2D eigenvalue weighted by Gasteiger charge is 2.30. The molecule has 0 saturated carbocycles. The summed E-state index contributed by atoms with van der Waals surface area (Å²) in [4.78, 5) is 13.6. The Morgan fingerprint density at radius 2 is 2.12 bits per heavy atom. The first-order valence-corrected chi connectivity index (χ1v) is 5.93. The van der Waals surface area contributed by atoms with Crippen LogP contribution in [0.1, 0.15) is 10.4 Å². The maximum absolute atomic E-state index is 12.0. The molecule has 0 atom stereocenters. The number of anilines is 1. The molecule has 1 fully saturated rings. The molecule has 1 aliphatic rings. The lowest BCUT2D eigenvalue weighted by atomic mass is 10.00. The first kappa shape index (κ1) is 12.5. The number of carbonyl (C=O) groups is 1. The predicted octanol–water partition coefficient (Wildman–Crippen LogP) is 1.64. The van der Waals surface area contributed by atoms with Crippen LogP contribution in [0.5, 0.6) is 0 Å². The van der Waals surface area contributed by atoms with Crippen LogP contribution >= 0.6 is 23.2 Å². The largest absolute Gasteiger partial charge is 0.397 e. The van der Waals surface area contributed by atoms with Crippen molar-refractivity contribution in [1.29, 1.82) is 0 Å². The second-order valence-corrected chi connectivity index (χ2v) is 4.91. The summed E-state index contributed by atoms with van der Waals surface area (Å²) in [6, 6.07) is 3.03. The quantitative estimate of drug-likeness (QED) is 0.806. The van der Waals surface area contributed by atoms with E-state index in [0.717, 1.165) is 0 Å². The van der Waals surface area contributed by atoms with Crippen molar-refractivity contribution in [2.24, 2.45) is 5.92 Å². The van der Waals surface area contributed by atoms with Crippen molar-refractivity contribution in [1.82, 2.24) is 4.90 Å². The van der Waals surface area contributed by atoms with Crippen LogP contribution in [0.15, 0.2) is 12.1 Å². The average Bonchev–Trinajstić information content (AvgIpc) is 2.23. The molecule has 0 radical (unpaired) electrons. The molecule has 1 saturated heterocycles. The van der Waals surface area contributed by atoms with Crippen LogP contribution < -0.4 is 5.73 Å². The molecule has 6 heteroatoms. The number of benzene rings is 1. The molecular formula is C11H12Cl2N2O2. The van der Waals surface area contributed by atoms with Gasteiger partial charge in [0.2, 0.25) is 0 Å². The molecule has 1 heterocycles. The molecular weight excluding hydrogens is 263 g/mol. The second-order valence-electron chi connectivity index (χ2n) is 4.12. The van der Waals surface area contributed by atoms with E-state index in [9.17, 15) is 4.79 Å². The summed E-state index contributed by atoms with van der Waals surface area (Å²) >= 11 is 11.7. The van der Waals surface area contributed by atoms with E-state index in [-0.39, 0.29) is 28.5 Å². The van der Waals surface area contributed by atoms with Gasteiger partial charge in [-0.15, -0.1) is 0 Å². The van der Waals surface area contributed by atoms with Crippen LogP contribution in [0, 0.1) is 5.92 Å². The molecule has 1 aromatic rings. The van der Waals surface area contributed by atoms with Crippen LogP contribution in [-0.2, 0) is 0 Å². The van der Waals surface area contributed by atoms with Gasteiger partial charge in [-0.2, -0.15) is 0 Å². The number of nitrogen functional groups attached to an aromatic ring is 1. The number of nitrogens with zero attached hydrogens (tertiary/aromatic N) is 1. The number of carbonyl (C=O) groups excluding carboxylic acids is 1. The topological polar surface area (TPSA) is 66.6 Å². The zero-order valence-corrected chi connectivity index (χ0v) is 10.5. The highest BCUT2D eigenvalue weighted by molar-refractivity contribution is 6.43. The van der Waals surface area contributed by atoms with Gasteiger partial charge in [-0.1, -0.05) is 23.2 Å². The summed E-state index contributed by atoms with van der Waals surface area (Å²) in [5.74, 6) is 0.0408. The van der Waals surface area contributed by atoms with Gasteiger partial charge in [0.15, 0.2) is 0 Å². The van der Waals surface area contributed by atoms with Crippen LogP contribution in [0.2, 0.25) is 10.0 Å². The molecule has 3 N–H and O–H groups in total. The van der Waals surface area contributed by atoms with Crippen molar-refractivity contribution in [2.75, 3.05) is 25.4 Å². The van der Waals surface area contributed by atoms with Gasteiger partial charge in [-0.25, -0.2) is 0 Å². The normalized spacial score (nSPS) is 15.8. The molecule has 92 valence electrons. The molecule has 1 amide bonds. The summed E-state index contributed by atoms with van der Waals surface area (Å²) in [6.45, 7) is 1.23. The van der Waals surface area contributed by atoms with Gasteiger partial charge in [0.25, 0.3) is 5.91 Å². The summed E-state index contributed by atoms with van der Waals surface area (Å²) in [5.41, 5.74) is 6.36. The second kappa shape index (κ2) is 4.72. The minimum absolute atomic E-state index is 0.104. The van der Waals surface area contributed by atoms with E-state index in [1.165, 1.54) is 12.1 Å². The Labute approximate surface area is 109 Å². The molecule has 17 heavy (non-hydrogen) atoms. The summed E-state index contributed by atoms with van der Waals surface area (Å²) in [7, 11) is 0. The molecule has 0 aromatic heterocycles. The maximum Gasteiger partial charge on any atom is 0.254 e. The fraction of sp³-hybridized carbons (Fsp3) is 0.364. The Morgan fingerprint density at radius 3 is 2.65 bits per heavy atom. The Balaban J connectivity index is 2.16. The number of halogens is 2. The SMILES string of the molecule is Nc1cc(C(=O)N2CC(CO)C2)cc(Cl)c1Cl. The number of hydrogen-bond acceptors (Lipinski definition) is 3. The van der Waals surface area contributed by atoms with E-state index in [1.807, 2.05) is 0 Å². The fourth-order valence-electron chi connectivity index (χ4n) is 1.77. The lowest BCUT2D eigenvalue weighted by molar-refractivity contribution is 0.0362. The third-order valence-electron chi connectivity index (χ3n) is 2.81. The van der Waals surface area contributed by atoms with E-state index in [1.54, 1.807) is 4.90 Å². The standard InChI is InChI=1S/C11H12Cl2N2O2/c12-8-1-7(2-9(14)10(8)13)11(17)15-3-6(4-15)5-16/h1-2,6,16H,3-5,14H2. The summed E-state index contributed by atoms with van der Waals surface area (Å²) in [5, 5.41) is 9.42. The molecule has 0 unspecified atom stereocenters. The minimum Gasteiger partial charge on any atom is -0.397 e. The van der Waals surface area contributed by atoms with Crippen molar-refractivity contribution in [3.05, 3.63) is 27.7 Å². The van der Waals surface area contributed by atoms with E-state index < -0.39 is 0 Å². The van der Waals surface area contributed by atoms with Crippen LogP contribution in [-0.4, -0.2) is 35.6 Å². The number of rotatable bonds is 2. The fourth-order valence-corrected chi connectivity index (χ4v) is 2.10. The number of nitrogens with two attached hydrogens (primary N) is 1. The number of amides is 1. The summed E-state index contributed by atoms with van der Waals surface area (Å²) < 4.78 is 0. The van der Waals surface area contributed by atoms with Crippen molar-refractivity contribution in [3.63, 3.8) is 0 Å². The number of aliphatic hydroxyl groups excluding tert-OH is 1. The van der Waals surface area contributed by atoms with Crippen LogP contribution in [0.25, 0.3) is 0 Å². The van der Waals surface area contributed by atoms with Gasteiger partial charge in [-0.05, 0) is 12.1 Å². The predicted molar refractivity (Wildman–Crippen MR) is 67.4 cm³/mol. The summed E-state index contributed by atoms with van der Waals surface area (Å²) in [6.07, 6.45) is 0. The molecule has 2 rings (SSSR count). The van der Waals surface area contributed by atoms with E-state index >= 15 is 0 Å². The van der Waals surface area contributed by atoms with Crippen molar-refractivity contribution >= 4 is 34.8 Å². The molecule has 4 nitrogen and oxygen atoms in total. The van der Waals surface area contributed by atoms with Gasteiger partial charge in [-0.3, -0.25) is 4.79 Å². The maximum atomic E-state index is 12.0. The third-order valence-corrected chi connectivity index (χ3v) is 3.62. The Bertz CT molecular complexity index is 436. The first-order chi connectivity index (χ1) is 8.02. The average molecular weight is 275 g/mol. The van der Waals surface area contributed by atoms with Gasteiger partial charge in [0.05, 0.1) is 15.7 Å². The number of likely N-dealkylation sites (tertiary alicyclic amines) is 1. The molecule has 0 aliphatic carbocycles. The minimum atomic E-state index is -0.139. The highest BCUT2D eigenvalue weighted by atomic mass is 35.5. The Kier molecular flexibility index (Phi) is 3.47. The third kappa shape index (κ3) is 2.34. The van der Waals surface area contributed by atoms with Crippen LogP contribution in [0.4, 0.5) is 5.69 Å². The zero-order chi connectivity index (χ0) is 12.6. The van der Waals surface area contributed by atoms with Crippen molar-refractivity contribution < 1.29 is 9.90 Å². The van der Waals surface area contributed by atoms with E-state index in [4.69, 9.17) is 34.0 Å². The molecule has 0 spiro atoms. The first-order valence-electron chi connectivity index (χ1n) is 5.17. The van der Waals surface area contributed by atoms with Gasteiger partial charge in [0.1, 0.15) is 0 Å². The Morgan fingerprint density at radius 1 is 1.47 bits per heavy atom. The van der Waals surface area contributed by atoms with Crippen molar-refractivity contribution in [3.8, 4) is 0 Å². The molecule has 1 aliphatic heterocycles. The number of hydrogen-bond donors (Lipinski definition) is 2. The van der Waals surface area contributed by atoms with E-state index in [2.05, 4.69) is 0 Å². The Hall–Kier alpha value is -0.970. The van der Waals surface area contributed by atoms with Gasteiger partial charge in [0, 0.05) is 31.2 Å². The zero-order valence-electron chi connectivity index (χ0n) is 8.99. The van der Waals surface area contributed by atoms with Gasteiger partial charge < -0.3 is 15.7 Å². The highest BCUT2D eigenvalue weighted by Crippen LogP contribution is 2.30. The molecule has 0 bridgehead atoms. The smallest absolute Gasteiger partial charge is 0.254 e. The number of aliphatic hydroxyl groups is 1. The van der Waals surface area contributed by atoms with E-state index in [0.29, 0.717) is 24.3 Å².